The van der Waals surface area contributed by atoms with Crippen molar-refractivity contribution in [1.82, 2.24) is 25.3 Å². The van der Waals surface area contributed by atoms with Crippen LogP contribution in [0.25, 0.3) is 11.5 Å². The number of benzene rings is 1. The molecule has 0 saturated carbocycles. The second-order valence-electron chi connectivity index (χ2n) is 6.26. The van der Waals surface area contributed by atoms with Crippen LogP contribution in [0.1, 0.15) is 5.89 Å². The van der Waals surface area contributed by atoms with E-state index in [1.165, 1.54) is 0 Å². The van der Waals surface area contributed by atoms with Crippen molar-refractivity contribution < 1.29 is 13.9 Å². The van der Waals surface area contributed by atoms with Crippen molar-refractivity contribution in [2.75, 3.05) is 53.0 Å². The Morgan fingerprint density at radius 2 is 1.88 bits per heavy atom. The molecule has 1 aromatic carbocycles. The third-order valence-electron chi connectivity index (χ3n) is 4.31. The third-order valence-corrected chi connectivity index (χ3v) is 4.31. The van der Waals surface area contributed by atoms with Gasteiger partial charge in [0.05, 0.1) is 19.7 Å². The maximum Gasteiger partial charge on any atom is 0.247 e. The maximum atomic E-state index is 11.8. The fourth-order valence-electron chi connectivity index (χ4n) is 2.86. The van der Waals surface area contributed by atoms with E-state index in [1.54, 1.807) is 7.11 Å². The standard InChI is InChI=1S/C18H25N5O3/c1-25-12-7-19-16(24)13-22-8-10-23(11-9-22)14-17-20-21-18(26-17)15-5-3-2-4-6-15/h2-6H,7-14H2,1H3,(H,19,24). The first-order chi connectivity index (χ1) is 12.7. The van der Waals surface area contributed by atoms with E-state index >= 15 is 0 Å². The smallest absolute Gasteiger partial charge is 0.247 e. The molecule has 0 atom stereocenters. The van der Waals surface area contributed by atoms with Crippen LogP contribution in [-0.2, 0) is 16.1 Å². The Balaban J connectivity index is 1.42. The first kappa shape index (κ1) is 18.5. The Morgan fingerprint density at radius 1 is 1.15 bits per heavy atom. The van der Waals surface area contributed by atoms with Gasteiger partial charge < -0.3 is 14.5 Å². The molecule has 1 amide bonds. The van der Waals surface area contributed by atoms with Gasteiger partial charge in [-0.3, -0.25) is 14.6 Å². The molecule has 1 aromatic heterocycles. The molecule has 1 aliphatic heterocycles. The van der Waals surface area contributed by atoms with Gasteiger partial charge in [0.2, 0.25) is 17.7 Å². The van der Waals surface area contributed by atoms with Crippen molar-refractivity contribution in [3.63, 3.8) is 0 Å². The number of carbonyl (C=O) groups is 1. The number of piperazine rings is 1. The molecule has 26 heavy (non-hydrogen) atoms. The first-order valence-electron chi connectivity index (χ1n) is 8.83. The van der Waals surface area contributed by atoms with Crippen molar-refractivity contribution in [2.45, 2.75) is 6.54 Å². The zero-order valence-corrected chi connectivity index (χ0v) is 15.1. The molecule has 8 heteroatoms. The van der Waals surface area contributed by atoms with E-state index in [0.717, 1.165) is 31.7 Å². The largest absolute Gasteiger partial charge is 0.419 e. The van der Waals surface area contributed by atoms with E-state index in [2.05, 4.69) is 25.3 Å². The summed E-state index contributed by atoms with van der Waals surface area (Å²) in [7, 11) is 1.62. The van der Waals surface area contributed by atoms with Gasteiger partial charge in [-0.2, -0.15) is 0 Å². The summed E-state index contributed by atoms with van der Waals surface area (Å²) in [6, 6.07) is 9.76. The fraction of sp³-hybridized carbons (Fsp3) is 0.500. The summed E-state index contributed by atoms with van der Waals surface area (Å²) in [6.07, 6.45) is 0. The molecule has 0 unspecified atom stereocenters. The van der Waals surface area contributed by atoms with Gasteiger partial charge in [0, 0.05) is 45.4 Å². The number of ether oxygens (including phenoxy) is 1. The highest BCUT2D eigenvalue weighted by Crippen LogP contribution is 2.18. The van der Waals surface area contributed by atoms with Crippen molar-refractivity contribution in [3.05, 3.63) is 36.2 Å². The molecular formula is C18H25N5O3. The highest BCUT2D eigenvalue weighted by Gasteiger charge is 2.20. The van der Waals surface area contributed by atoms with Crippen LogP contribution < -0.4 is 5.32 Å². The quantitative estimate of drug-likeness (QED) is 0.692. The van der Waals surface area contributed by atoms with Gasteiger partial charge in [-0.15, -0.1) is 10.2 Å². The molecule has 8 nitrogen and oxygen atoms in total. The van der Waals surface area contributed by atoms with E-state index in [-0.39, 0.29) is 5.91 Å². The minimum absolute atomic E-state index is 0.0416. The van der Waals surface area contributed by atoms with Crippen LogP contribution in [0.5, 0.6) is 0 Å². The van der Waals surface area contributed by atoms with Gasteiger partial charge in [-0.25, -0.2) is 0 Å². The predicted molar refractivity (Wildman–Crippen MR) is 96.3 cm³/mol. The normalized spacial score (nSPS) is 15.9. The minimum Gasteiger partial charge on any atom is -0.419 e. The van der Waals surface area contributed by atoms with Gasteiger partial charge in [0.25, 0.3) is 0 Å². The zero-order valence-electron chi connectivity index (χ0n) is 15.1. The highest BCUT2D eigenvalue weighted by atomic mass is 16.5. The number of hydrogen-bond acceptors (Lipinski definition) is 7. The van der Waals surface area contributed by atoms with Crippen molar-refractivity contribution in [1.29, 1.82) is 0 Å². The molecule has 0 bridgehead atoms. The van der Waals surface area contributed by atoms with Gasteiger partial charge in [-0.05, 0) is 12.1 Å². The van der Waals surface area contributed by atoms with Crippen LogP contribution in [-0.4, -0.2) is 78.9 Å². The number of methoxy groups -OCH3 is 1. The second kappa shape index (κ2) is 9.42. The monoisotopic (exact) mass is 359 g/mol. The van der Waals surface area contributed by atoms with Crippen LogP contribution in [0, 0.1) is 0 Å². The lowest BCUT2D eigenvalue weighted by Crippen LogP contribution is -2.49. The molecule has 0 spiro atoms. The number of rotatable bonds is 8. The van der Waals surface area contributed by atoms with Gasteiger partial charge >= 0.3 is 0 Å². The first-order valence-corrected chi connectivity index (χ1v) is 8.83. The highest BCUT2D eigenvalue weighted by molar-refractivity contribution is 5.78. The van der Waals surface area contributed by atoms with Crippen molar-refractivity contribution in [2.24, 2.45) is 0 Å². The minimum atomic E-state index is 0.0416. The lowest BCUT2D eigenvalue weighted by atomic mass is 10.2. The van der Waals surface area contributed by atoms with E-state index in [9.17, 15) is 4.79 Å². The number of aromatic nitrogens is 2. The molecule has 0 aliphatic carbocycles. The summed E-state index contributed by atoms with van der Waals surface area (Å²) in [5.74, 6) is 1.21. The fourth-order valence-corrected chi connectivity index (χ4v) is 2.86. The molecule has 1 N–H and O–H groups in total. The number of nitrogens with zero attached hydrogens (tertiary/aromatic N) is 4. The van der Waals surface area contributed by atoms with Gasteiger partial charge in [0.15, 0.2) is 0 Å². The Labute approximate surface area is 153 Å². The second-order valence-corrected chi connectivity index (χ2v) is 6.26. The molecule has 1 aliphatic rings. The molecule has 1 fully saturated rings. The summed E-state index contributed by atoms with van der Waals surface area (Å²) >= 11 is 0. The van der Waals surface area contributed by atoms with E-state index in [1.807, 2.05) is 30.3 Å². The third kappa shape index (κ3) is 5.35. The van der Waals surface area contributed by atoms with Gasteiger partial charge in [0.1, 0.15) is 0 Å². The number of amides is 1. The number of nitrogens with one attached hydrogen (secondary N) is 1. The van der Waals surface area contributed by atoms with Crippen LogP contribution >= 0.6 is 0 Å². The lowest BCUT2D eigenvalue weighted by molar-refractivity contribution is -0.122. The Hall–Kier alpha value is -2.29. The maximum absolute atomic E-state index is 11.8. The molecule has 3 rings (SSSR count). The van der Waals surface area contributed by atoms with Crippen LogP contribution in [0.3, 0.4) is 0 Å². The summed E-state index contributed by atoms with van der Waals surface area (Å²) in [4.78, 5) is 16.3. The summed E-state index contributed by atoms with van der Waals surface area (Å²) in [6.45, 7) is 5.58. The lowest BCUT2D eigenvalue weighted by Gasteiger charge is -2.33. The molecule has 2 aromatic rings. The average Bonchev–Trinajstić information content (AvgIpc) is 3.13. The number of hydrogen-bond donors (Lipinski definition) is 1. The Kier molecular flexibility index (Phi) is 6.70. The molecule has 0 radical (unpaired) electrons. The molecular weight excluding hydrogens is 334 g/mol. The summed E-state index contributed by atoms with van der Waals surface area (Å²) in [5.41, 5.74) is 0.926. The zero-order chi connectivity index (χ0) is 18.2. The van der Waals surface area contributed by atoms with Crippen molar-refractivity contribution >= 4 is 5.91 Å². The van der Waals surface area contributed by atoms with Crippen molar-refractivity contribution in [3.8, 4) is 11.5 Å². The van der Waals surface area contributed by atoms with Gasteiger partial charge in [-0.1, -0.05) is 18.2 Å². The predicted octanol–water partition coefficient (Wildman–Crippen LogP) is 0.617. The van der Waals surface area contributed by atoms with Crippen LogP contribution in [0.4, 0.5) is 0 Å². The molecule has 1 saturated heterocycles. The van der Waals surface area contributed by atoms with Crippen LogP contribution in [0.15, 0.2) is 34.7 Å². The Bertz CT molecular complexity index is 683. The molecule has 140 valence electrons. The molecule has 2 heterocycles. The summed E-state index contributed by atoms with van der Waals surface area (Å²) < 4.78 is 10.7. The van der Waals surface area contributed by atoms with Crippen LogP contribution in [0.2, 0.25) is 0 Å². The SMILES string of the molecule is COCCNC(=O)CN1CCN(Cc2nnc(-c3ccccc3)o2)CC1. The average molecular weight is 359 g/mol. The summed E-state index contributed by atoms with van der Waals surface area (Å²) in [5, 5.41) is 11.1. The van der Waals surface area contributed by atoms with E-state index < -0.39 is 0 Å². The Morgan fingerprint density at radius 3 is 2.62 bits per heavy atom. The number of carbonyl (C=O) groups excluding carboxylic acids is 1. The topological polar surface area (TPSA) is 83.7 Å². The van der Waals surface area contributed by atoms with E-state index in [0.29, 0.717) is 38.0 Å². The van der Waals surface area contributed by atoms with E-state index in [4.69, 9.17) is 9.15 Å².